The summed E-state index contributed by atoms with van der Waals surface area (Å²) in [5, 5.41) is 0.385. The van der Waals surface area contributed by atoms with Crippen LogP contribution in [-0.4, -0.2) is 35.2 Å². The molecule has 0 spiro atoms. The average molecular weight is 426 g/mol. The van der Waals surface area contributed by atoms with Gasteiger partial charge in [-0.25, -0.2) is 4.79 Å². The molecule has 1 aromatic carbocycles. The molecule has 0 aliphatic carbocycles. The molecule has 0 saturated carbocycles. The lowest BCUT2D eigenvalue weighted by Gasteiger charge is -2.18. The lowest BCUT2D eigenvalue weighted by Crippen LogP contribution is -2.42. The topological polar surface area (TPSA) is 76.8 Å². The number of hydrogen-bond acceptors (Lipinski definition) is 6. The third-order valence-corrected chi connectivity index (χ3v) is 5.28. The van der Waals surface area contributed by atoms with Crippen molar-refractivity contribution in [2.24, 2.45) is 0 Å². The normalized spacial score (nSPS) is 16.9. The first-order valence-electron chi connectivity index (χ1n) is 7.72. The molecule has 1 aliphatic rings. The number of ether oxygens (including phenoxy) is 1. The summed E-state index contributed by atoms with van der Waals surface area (Å²) in [6, 6.07) is 7.35. The molecule has 0 unspecified atom stereocenters. The number of hydrogen-bond donors (Lipinski definition) is 0. The molecule has 1 aliphatic heterocycles. The summed E-state index contributed by atoms with van der Waals surface area (Å²) in [4.78, 5) is 37.2. The fraction of sp³-hybridized carbons (Fsp3) is 0.167. The van der Waals surface area contributed by atoms with Gasteiger partial charge >= 0.3 is 5.97 Å². The maximum absolute atomic E-state index is 12.5. The summed E-state index contributed by atoms with van der Waals surface area (Å²) in [6.07, 6.45) is 1.45. The third-order valence-electron chi connectivity index (χ3n) is 3.85. The van der Waals surface area contributed by atoms with Crippen molar-refractivity contribution >= 4 is 58.2 Å². The molecule has 0 radical (unpaired) electrons. The fourth-order valence-corrected chi connectivity index (χ4v) is 3.87. The van der Waals surface area contributed by atoms with Gasteiger partial charge in [-0.1, -0.05) is 23.2 Å². The van der Waals surface area contributed by atoms with Gasteiger partial charge in [0, 0.05) is 16.7 Å². The summed E-state index contributed by atoms with van der Waals surface area (Å²) < 4.78 is 10.3. The van der Waals surface area contributed by atoms with E-state index in [0.29, 0.717) is 27.1 Å². The van der Waals surface area contributed by atoms with Gasteiger partial charge < -0.3 is 9.15 Å². The predicted octanol–water partition coefficient (Wildman–Crippen LogP) is 4.85. The largest absolute Gasteiger partial charge is 0.467 e. The van der Waals surface area contributed by atoms with Crippen LogP contribution >= 0.6 is 35.0 Å². The maximum atomic E-state index is 12.5. The van der Waals surface area contributed by atoms with Crippen molar-refractivity contribution in [1.82, 2.24) is 4.90 Å². The van der Waals surface area contributed by atoms with Gasteiger partial charge in [0.2, 0.25) is 0 Å². The Bertz CT molecular complexity index is 968. The first-order chi connectivity index (χ1) is 12.8. The van der Waals surface area contributed by atoms with Crippen LogP contribution in [0.25, 0.3) is 17.4 Å². The maximum Gasteiger partial charge on any atom is 0.328 e. The highest BCUT2D eigenvalue weighted by Gasteiger charge is 2.41. The van der Waals surface area contributed by atoms with Gasteiger partial charge in [-0.15, -0.1) is 0 Å². The number of furan rings is 1. The Kier molecular flexibility index (Phi) is 5.64. The van der Waals surface area contributed by atoms with E-state index in [-0.39, 0.29) is 4.91 Å². The number of rotatable bonds is 4. The lowest BCUT2D eigenvalue weighted by atomic mass is 10.2. The highest BCUT2D eigenvalue weighted by molar-refractivity contribution is 8.18. The molecule has 140 valence electrons. The predicted molar refractivity (Wildman–Crippen MR) is 103 cm³/mol. The number of nitrogens with zero attached hydrogens (tertiary/aromatic N) is 1. The summed E-state index contributed by atoms with van der Waals surface area (Å²) in [5.41, 5.74) is 0.646. The minimum absolute atomic E-state index is 0.152. The van der Waals surface area contributed by atoms with E-state index < -0.39 is 23.2 Å². The number of carbonyl (C=O) groups excluding carboxylic acids is 3. The zero-order valence-electron chi connectivity index (χ0n) is 14.2. The van der Waals surface area contributed by atoms with Crippen molar-refractivity contribution in [3.8, 4) is 11.3 Å². The monoisotopic (exact) mass is 425 g/mol. The quantitative estimate of drug-likeness (QED) is 0.514. The van der Waals surface area contributed by atoms with Crippen molar-refractivity contribution in [3.05, 3.63) is 51.0 Å². The third kappa shape index (κ3) is 3.90. The van der Waals surface area contributed by atoms with Gasteiger partial charge in [-0.2, -0.15) is 0 Å². The van der Waals surface area contributed by atoms with Crippen molar-refractivity contribution in [2.45, 2.75) is 13.0 Å². The second-order valence-electron chi connectivity index (χ2n) is 5.58. The van der Waals surface area contributed by atoms with E-state index in [2.05, 4.69) is 4.74 Å². The van der Waals surface area contributed by atoms with Crippen molar-refractivity contribution < 1.29 is 23.5 Å². The molecule has 2 heterocycles. The number of benzene rings is 1. The summed E-state index contributed by atoms with van der Waals surface area (Å²) in [7, 11) is 1.19. The zero-order valence-corrected chi connectivity index (χ0v) is 16.5. The Balaban J connectivity index is 1.86. The van der Waals surface area contributed by atoms with Crippen LogP contribution in [0.3, 0.4) is 0 Å². The van der Waals surface area contributed by atoms with Gasteiger partial charge in [0.25, 0.3) is 11.1 Å². The number of thioether (sulfide) groups is 1. The Morgan fingerprint density at radius 1 is 1.26 bits per heavy atom. The van der Waals surface area contributed by atoms with E-state index in [9.17, 15) is 14.4 Å². The number of methoxy groups -OCH3 is 1. The van der Waals surface area contributed by atoms with Gasteiger partial charge in [-0.3, -0.25) is 14.5 Å². The van der Waals surface area contributed by atoms with E-state index >= 15 is 0 Å². The summed E-state index contributed by atoms with van der Waals surface area (Å²) in [5.74, 6) is -0.390. The molecule has 0 N–H and O–H groups in total. The van der Waals surface area contributed by atoms with Gasteiger partial charge in [0.15, 0.2) is 0 Å². The van der Waals surface area contributed by atoms with Crippen LogP contribution < -0.4 is 0 Å². The van der Waals surface area contributed by atoms with Gasteiger partial charge in [-0.05, 0) is 49.0 Å². The lowest BCUT2D eigenvalue weighted by molar-refractivity contribution is -0.148. The van der Waals surface area contributed by atoms with Gasteiger partial charge in [0.05, 0.1) is 17.0 Å². The molecule has 2 amide bonds. The Morgan fingerprint density at radius 2 is 2.00 bits per heavy atom. The zero-order chi connectivity index (χ0) is 19.7. The second-order valence-corrected chi connectivity index (χ2v) is 7.41. The van der Waals surface area contributed by atoms with Crippen LogP contribution in [-0.2, 0) is 14.3 Å². The first-order valence-corrected chi connectivity index (χ1v) is 9.29. The van der Waals surface area contributed by atoms with Crippen LogP contribution in [0.15, 0.2) is 39.7 Å². The van der Waals surface area contributed by atoms with Crippen LogP contribution in [0.4, 0.5) is 4.79 Å². The van der Waals surface area contributed by atoms with Crippen LogP contribution in [0.1, 0.15) is 12.7 Å². The molecule has 27 heavy (non-hydrogen) atoms. The number of amides is 2. The first kappa shape index (κ1) is 19.5. The molecule has 0 bridgehead atoms. The number of imide groups is 1. The van der Waals surface area contributed by atoms with Crippen LogP contribution in [0.5, 0.6) is 0 Å². The number of halogens is 2. The van der Waals surface area contributed by atoms with E-state index in [0.717, 1.165) is 16.7 Å². The van der Waals surface area contributed by atoms with Crippen LogP contribution in [0.2, 0.25) is 10.0 Å². The molecule has 1 fully saturated rings. The average Bonchev–Trinajstić information content (AvgIpc) is 3.18. The molecule has 1 aromatic heterocycles. The Labute approximate surface area is 169 Å². The number of carbonyl (C=O) groups is 3. The fourth-order valence-electron chi connectivity index (χ4n) is 2.48. The summed E-state index contributed by atoms with van der Waals surface area (Å²) in [6.45, 7) is 1.43. The molecule has 1 atom stereocenters. The van der Waals surface area contributed by atoms with E-state index in [1.165, 1.54) is 20.1 Å². The molecule has 1 saturated heterocycles. The van der Waals surface area contributed by atoms with Crippen molar-refractivity contribution in [2.75, 3.05) is 7.11 Å². The van der Waals surface area contributed by atoms with E-state index in [4.69, 9.17) is 27.6 Å². The van der Waals surface area contributed by atoms with E-state index in [1.54, 1.807) is 30.3 Å². The standard InChI is InChI=1S/C18H13Cl2NO5S/c1-9(17(23)25-2)21-16(22)15(27-18(21)24)8-11-4-6-14(26-11)12-5-3-10(19)7-13(12)20/h3-9H,1-2H3/b15-8+/t9-/m1/s1. The molecular formula is C18H13Cl2NO5S. The SMILES string of the molecule is COC(=O)[C@@H](C)N1C(=O)S/C(=C/c2ccc(-c3ccc(Cl)cc3Cl)o2)C1=O. The molecule has 6 nitrogen and oxygen atoms in total. The highest BCUT2D eigenvalue weighted by atomic mass is 35.5. The molecular weight excluding hydrogens is 413 g/mol. The molecule has 9 heteroatoms. The van der Waals surface area contributed by atoms with E-state index in [1.807, 2.05) is 0 Å². The van der Waals surface area contributed by atoms with Crippen molar-refractivity contribution in [3.63, 3.8) is 0 Å². The Morgan fingerprint density at radius 3 is 2.67 bits per heavy atom. The minimum Gasteiger partial charge on any atom is -0.467 e. The summed E-state index contributed by atoms with van der Waals surface area (Å²) >= 11 is 12.8. The minimum atomic E-state index is -1.01. The second kappa shape index (κ2) is 7.80. The smallest absolute Gasteiger partial charge is 0.328 e. The molecule has 2 aromatic rings. The van der Waals surface area contributed by atoms with Crippen molar-refractivity contribution in [1.29, 1.82) is 0 Å². The number of esters is 1. The van der Waals surface area contributed by atoms with Gasteiger partial charge in [0.1, 0.15) is 17.6 Å². The Hall–Kier alpha value is -2.22. The highest BCUT2D eigenvalue weighted by Crippen LogP contribution is 2.36. The molecule has 3 rings (SSSR count). The van der Waals surface area contributed by atoms with Crippen LogP contribution in [0, 0.1) is 0 Å².